The van der Waals surface area contributed by atoms with Crippen LogP contribution in [0.1, 0.15) is 29.8 Å². The van der Waals surface area contributed by atoms with Gasteiger partial charge in [-0.05, 0) is 54.5 Å². The summed E-state index contributed by atoms with van der Waals surface area (Å²) in [7, 11) is 0. The van der Waals surface area contributed by atoms with E-state index in [1.54, 1.807) is 11.3 Å². The van der Waals surface area contributed by atoms with Crippen molar-refractivity contribution in [1.29, 1.82) is 0 Å². The predicted octanol–water partition coefficient (Wildman–Crippen LogP) is 4.08. The van der Waals surface area contributed by atoms with E-state index in [1.807, 2.05) is 31.2 Å². The van der Waals surface area contributed by atoms with Gasteiger partial charge in [-0.2, -0.15) is 0 Å². The molecule has 3 rings (SSSR count). The molecule has 1 aliphatic carbocycles. The number of rotatable bonds is 4. The van der Waals surface area contributed by atoms with Gasteiger partial charge in [-0.25, -0.2) is 4.98 Å². The van der Waals surface area contributed by atoms with Crippen molar-refractivity contribution in [3.63, 3.8) is 0 Å². The number of ether oxygens (including phenoxy) is 1. The highest BCUT2D eigenvalue weighted by Crippen LogP contribution is 2.39. The van der Waals surface area contributed by atoms with Crippen LogP contribution in [0, 0.1) is 3.57 Å². The van der Waals surface area contributed by atoms with Gasteiger partial charge in [0.15, 0.2) is 5.13 Å². The number of thiazole rings is 1. The Kier molecular flexibility index (Phi) is 4.44. The van der Waals surface area contributed by atoms with Crippen LogP contribution < -0.4 is 5.32 Å². The number of carbonyl (C=O) groups excluding carboxylic acids is 1. The van der Waals surface area contributed by atoms with E-state index in [4.69, 9.17) is 4.74 Å². The van der Waals surface area contributed by atoms with Crippen molar-refractivity contribution < 1.29 is 9.53 Å². The van der Waals surface area contributed by atoms with Crippen LogP contribution >= 0.6 is 33.9 Å². The third-order valence-corrected chi connectivity index (χ3v) is 5.39. The highest BCUT2D eigenvalue weighted by molar-refractivity contribution is 14.1. The molecule has 1 aromatic heterocycles. The minimum atomic E-state index is -0.193. The molecule has 0 saturated heterocycles. The molecule has 4 nitrogen and oxygen atoms in total. The number of anilines is 2. The summed E-state index contributed by atoms with van der Waals surface area (Å²) in [6.45, 7) is 2.25. The maximum atomic E-state index is 12.0. The molecule has 1 unspecified atom stereocenters. The number of halogens is 1. The van der Waals surface area contributed by atoms with Crippen LogP contribution in [0.4, 0.5) is 10.8 Å². The molecule has 110 valence electrons. The van der Waals surface area contributed by atoms with Gasteiger partial charge in [-0.15, -0.1) is 11.3 Å². The number of carbonyl (C=O) groups is 1. The SMILES string of the molecule is CCOC(=O)C1CCc2sc(Nc3ccccc3I)nc21. The summed E-state index contributed by atoms with van der Waals surface area (Å²) < 4.78 is 6.28. The van der Waals surface area contributed by atoms with Crippen molar-refractivity contribution in [2.24, 2.45) is 0 Å². The molecule has 1 atom stereocenters. The third-order valence-electron chi connectivity index (χ3n) is 3.40. The van der Waals surface area contributed by atoms with E-state index in [1.165, 1.54) is 4.88 Å². The number of nitrogens with zero attached hydrogens (tertiary/aromatic N) is 1. The number of para-hydroxylation sites is 1. The van der Waals surface area contributed by atoms with Gasteiger partial charge in [0.25, 0.3) is 0 Å². The molecular weight excluding hydrogens is 399 g/mol. The van der Waals surface area contributed by atoms with Crippen LogP contribution in [0.25, 0.3) is 0 Å². The minimum absolute atomic E-state index is 0.151. The van der Waals surface area contributed by atoms with Crippen molar-refractivity contribution >= 4 is 50.7 Å². The Balaban J connectivity index is 1.81. The summed E-state index contributed by atoms with van der Waals surface area (Å²) in [6, 6.07) is 8.07. The normalized spacial score (nSPS) is 16.6. The molecular formula is C15H15IN2O2S. The van der Waals surface area contributed by atoms with Crippen molar-refractivity contribution in [2.45, 2.75) is 25.7 Å². The Labute approximate surface area is 141 Å². The number of hydrogen-bond donors (Lipinski definition) is 1. The Bertz CT molecular complexity index is 671. The third kappa shape index (κ3) is 3.06. The van der Waals surface area contributed by atoms with E-state index in [0.717, 1.165) is 32.9 Å². The summed E-state index contributed by atoms with van der Waals surface area (Å²) in [5.74, 6) is -0.344. The molecule has 0 spiro atoms. The maximum Gasteiger partial charge on any atom is 0.315 e. The van der Waals surface area contributed by atoms with Gasteiger partial charge in [-0.3, -0.25) is 4.79 Å². The van der Waals surface area contributed by atoms with E-state index >= 15 is 0 Å². The molecule has 0 fully saturated rings. The first-order valence-corrected chi connectivity index (χ1v) is 8.76. The van der Waals surface area contributed by atoms with Gasteiger partial charge >= 0.3 is 5.97 Å². The molecule has 0 bridgehead atoms. The molecule has 21 heavy (non-hydrogen) atoms. The number of hydrogen-bond acceptors (Lipinski definition) is 5. The van der Waals surface area contributed by atoms with Crippen LogP contribution in [0.3, 0.4) is 0 Å². The lowest BCUT2D eigenvalue weighted by atomic mass is 10.1. The molecule has 1 aromatic carbocycles. The average Bonchev–Trinajstić information content (AvgIpc) is 3.01. The van der Waals surface area contributed by atoms with Crippen molar-refractivity contribution in [3.8, 4) is 0 Å². The molecule has 1 aliphatic rings. The predicted molar refractivity (Wildman–Crippen MR) is 92.3 cm³/mol. The van der Waals surface area contributed by atoms with Crippen LogP contribution in [0.15, 0.2) is 24.3 Å². The Morgan fingerprint density at radius 1 is 1.52 bits per heavy atom. The van der Waals surface area contributed by atoms with Crippen LogP contribution in [-0.2, 0) is 16.0 Å². The fourth-order valence-electron chi connectivity index (χ4n) is 2.43. The van der Waals surface area contributed by atoms with E-state index in [0.29, 0.717) is 6.61 Å². The first kappa shape index (κ1) is 14.8. The van der Waals surface area contributed by atoms with Crippen molar-refractivity contribution in [2.75, 3.05) is 11.9 Å². The second kappa shape index (κ2) is 6.31. The quantitative estimate of drug-likeness (QED) is 0.605. The zero-order valence-corrected chi connectivity index (χ0v) is 14.5. The first-order valence-electron chi connectivity index (χ1n) is 6.86. The number of nitrogens with one attached hydrogen (secondary N) is 1. The molecule has 1 heterocycles. The fourth-order valence-corrected chi connectivity index (χ4v) is 4.00. The molecule has 0 aliphatic heterocycles. The topological polar surface area (TPSA) is 51.2 Å². The Morgan fingerprint density at radius 2 is 2.33 bits per heavy atom. The number of benzene rings is 1. The number of esters is 1. The standard InChI is InChI=1S/C15H15IN2O2S/c1-2-20-14(19)9-7-8-12-13(9)18-15(21-12)17-11-6-4-3-5-10(11)16/h3-6,9H,2,7-8H2,1H3,(H,17,18). The highest BCUT2D eigenvalue weighted by Gasteiger charge is 2.33. The lowest BCUT2D eigenvalue weighted by molar-refractivity contribution is -0.145. The van der Waals surface area contributed by atoms with Crippen LogP contribution in [-0.4, -0.2) is 17.6 Å². The zero-order valence-electron chi connectivity index (χ0n) is 11.6. The summed E-state index contributed by atoms with van der Waals surface area (Å²) in [5.41, 5.74) is 1.94. The summed E-state index contributed by atoms with van der Waals surface area (Å²) >= 11 is 3.92. The second-order valence-electron chi connectivity index (χ2n) is 4.78. The number of aromatic nitrogens is 1. The Morgan fingerprint density at radius 3 is 3.10 bits per heavy atom. The van der Waals surface area contributed by atoms with Gasteiger partial charge in [0, 0.05) is 8.45 Å². The van der Waals surface area contributed by atoms with Crippen molar-refractivity contribution in [1.82, 2.24) is 4.98 Å². The lowest BCUT2D eigenvalue weighted by Gasteiger charge is -2.08. The largest absolute Gasteiger partial charge is 0.465 e. The first-order chi connectivity index (χ1) is 10.2. The zero-order chi connectivity index (χ0) is 14.8. The summed E-state index contributed by atoms with van der Waals surface area (Å²) in [6.07, 6.45) is 1.72. The highest BCUT2D eigenvalue weighted by atomic mass is 127. The van der Waals surface area contributed by atoms with E-state index < -0.39 is 0 Å². The van der Waals surface area contributed by atoms with Crippen LogP contribution in [0.5, 0.6) is 0 Å². The molecule has 0 radical (unpaired) electrons. The van der Waals surface area contributed by atoms with E-state index in [9.17, 15) is 4.79 Å². The molecule has 2 aromatic rings. The molecule has 0 amide bonds. The fraction of sp³-hybridized carbons (Fsp3) is 0.333. The lowest BCUT2D eigenvalue weighted by Crippen LogP contribution is -2.14. The second-order valence-corrected chi connectivity index (χ2v) is 7.02. The van der Waals surface area contributed by atoms with Gasteiger partial charge < -0.3 is 10.1 Å². The maximum absolute atomic E-state index is 12.0. The van der Waals surface area contributed by atoms with Gasteiger partial charge in [-0.1, -0.05) is 12.1 Å². The average molecular weight is 414 g/mol. The molecule has 0 saturated carbocycles. The van der Waals surface area contributed by atoms with Gasteiger partial charge in [0.2, 0.25) is 0 Å². The summed E-state index contributed by atoms with van der Waals surface area (Å²) in [4.78, 5) is 17.8. The number of aryl methyl sites for hydroxylation is 1. The van der Waals surface area contributed by atoms with E-state index in [2.05, 4.69) is 32.9 Å². The van der Waals surface area contributed by atoms with Gasteiger partial charge in [0.1, 0.15) is 5.92 Å². The Hall–Kier alpha value is -1.15. The minimum Gasteiger partial charge on any atom is -0.465 e. The summed E-state index contributed by atoms with van der Waals surface area (Å²) in [5, 5.41) is 4.19. The van der Waals surface area contributed by atoms with Crippen molar-refractivity contribution in [3.05, 3.63) is 38.4 Å². The monoisotopic (exact) mass is 414 g/mol. The molecule has 1 N–H and O–H groups in total. The smallest absolute Gasteiger partial charge is 0.315 e. The van der Waals surface area contributed by atoms with E-state index in [-0.39, 0.29) is 11.9 Å². The van der Waals surface area contributed by atoms with Gasteiger partial charge in [0.05, 0.1) is 18.0 Å². The number of fused-ring (bicyclic) bond motifs is 1. The van der Waals surface area contributed by atoms with Crippen LogP contribution in [0.2, 0.25) is 0 Å². The molecule has 6 heteroatoms.